The molecule has 2 aromatic rings. The molecule has 45 heavy (non-hydrogen) atoms. The third-order valence-corrected chi connectivity index (χ3v) is 8.16. The molecule has 6 N–H and O–H groups in total. The van der Waals surface area contributed by atoms with Gasteiger partial charge in [-0.25, -0.2) is 0 Å². The lowest BCUT2D eigenvalue weighted by molar-refractivity contribution is -0.126. The standard InChI is InChI=1S/C30H32N6O8Si/c37-23(31-19-9-5-7-17(13-19)27(41)33-21-15-25(39)34-29(21)43)11-3-1-2-4-12-24(38)32-20-10-6-8-18(14-20)28(42)36-45-22-16-26(40)35-30(22)44/h5-10,13-14,21-22H,1-4,11-12,15-16H2,(H,31,37)(H,32,38)(H,33,41)(H,36,42)(H,34,39,43)(H,35,40,44)/t21-,22?/m0/s1. The highest BCUT2D eigenvalue weighted by molar-refractivity contribution is 6.48. The van der Waals surface area contributed by atoms with Crippen LogP contribution in [0.25, 0.3) is 0 Å². The first-order valence-electron chi connectivity index (χ1n) is 14.4. The number of hydrogen-bond donors (Lipinski definition) is 6. The second-order valence-corrected chi connectivity index (χ2v) is 11.8. The summed E-state index contributed by atoms with van der Waals surface area (Å²) in [5, 5.41) is 12.4. The van der Waals surface area contributed by atoms with Crippen molar-refractivity contribution < 1.29 is 38.4 Å². The van der Waals surface area contributed by atoms with Crippen molar-refractivity contribution in [1.29, 1.82) is 0 Å². The van der Waals surface area contributed by atoms with Gasteiger partial charge in [0.25, 0.3) is 5.91 Å². The molecule has 2 aromatic carbocycles. The molecule has 14 nitrogen and oxygen atoms in total. The Bertz CT molecular complexity index is 1530. The van der Waals surface area contributed by atoms with E-state index in [0.29, 0.717) is 29.8 Å². The van der Waals surface area contributed by atoms with Crippen LogP contribution in [0, 0.1) is 0 Å². The molecular formula is C30H32N6O8Si. The zero-order chi connectivity index (χ0) is 32.3. The third kappa shape index (κ3) is 9.92. The second kappa shape index (κ2) is 15.5. The monoisotopic (exact) mass is 632 g/mol. The van der Waals surface area contributed by atoms with E-state index in [9.17, 15) is 38.4 Å². The van der Waals surface area contributed by atoms with Crippen LogP contribution in [-0.2, 0) is 28.8 Å². The van der Waals surface area contributed by atoms with Gasteiger partial charge >= 0.3 is 0 Å². The van der Waals surface area contributed by atoms with Crippen LogP contribution in [0.4, 0.5) is 11.4 Å². The Morgan fingerprint density at radius 1 is 0.689 bits per heavy atom. The normalized spacial score (nSPS) is 17.3. The fourth-order valence-electron chi connectivity index (χ4n) is 4.65. The molecule has 2 heterocycles. The number of amides is 8. The average Bonchev–Trinajstić information content (AvgIpc) is 3.50. The molecule has 15 heteroatoms. The van der Waals surface area contributed by atoms with E-state index in [-0.39, 0.29) is 58.6 Å². The number of unbranched alkanes of at least 4 members (excludes halogenated alkanes) is 3. The van der Waals surface area contributed by atoms with Crippen molar-refractivity contribution >= 4 is 68.3 Å². The van der Waals surface area contributed by atoms with Crippen LogP contribution in [-0.4, -0.2) is 63.0 Å². The van der Waals surface area contributed by atoms with Crippen LogP contribution in [0.3, 0.4) is 0 Å². The van der Waals surface area contributed by atoms with Gasteiger partial charge in [-0.05, 0) is 49.2 Å². The molecular weight excluding hydrogens is 600 g/mol. The molecule has 234 valence electrons. The summed E-state index contributed by atoms with van der Waals surface area (Å²) >= 11 is 0. The van der Waals surface area contributed by atoms with Gasteiger partial charge < -0.3 is 20.9 Å². The van der Waals surface area contributed by atoms with E-state index >= 15 is 0 Å². The first-order valence-corrected chi connectivity index (χ1v) is 15.5. The van der Waals surface area contributed by atoms with Crippen molar-refractivity contribution in [2.75, 3.05) is 10.6 Å². The number of imide groups is 2. The molecule has 0 aromatic heterocycles. The molecule has 0 spiro atoms. The van der Waals surface area contributed by atoms with E-state index in [1.807, 2.05) is 0 Å². The maximum absolute atomic E-state index is 12.5. The molecule has 8 amide bonds. The van der Waals surface area contributed by atoms with Crippen molar-refractivity contribution in [3.05, 3.63) is 59.7 Å². The summed E-state index contributed by atoms with van der Waals surface area (Å²) in [6.45, 7) is 0. The van der Waals surface area contributed by atoms with Crippen molar-refractivity contribution in [3.8, 4) is 0 Å². The van der Waals surface area contributed by atoms with Crippen molar-refractivity contribution in [2.45, 2.75) is 62.9 Å². The van der Waals surface area contributed by atoms with Crippen LogP contribution in [0.1, 0.15) is 72.1 Å². The average molecular weight is 633 g/mol. The molecule has 4 rings (SSSR count). The molecule has 0 bridgehead atoms. The van der Waals surface area contributed by atoms with Gasteiger partial charge in [0.15, 0.2) is 9.68 Å². The van der Waals surface area contributed by atoms with Gasteiger partial charge in [-0.15, -0.1) is 0 Å². The fourth-order valence-corrected chi connectivity index (χ4v) is 5.60. The van der Waals surface area contributed by atoms with E-state index in [4.69, 9.17) is 0 Å². The summed E-state index contributed by atoms with van der Waals surface area (Å²) in [5.41, 5.74) is 0.870. The van der Waals surface area contributed by atoms with Gasteiger partial charge in [0.05, 0.1) is 12.0 Å². The van der Waals surface area contributed by atoms with Crippen LogP contribution in [0.2, 0.25) is 5.54 Å². The van der Waals surface area contributed by atoms with E-state index < -0.39 is 41.1 Å². The Balaban J connectivity index is 1.10. The van der Waals surface area contributed by atoms with Gasteiger partial charge in [-0.2, -0.15) is 0 Å². The minimum absolute atomic E-state index is 0.0487. The SMILES string of the molecule is O=C1CC([Si]NC(=O)c2cccc(NC(=O)CCCCCCC(=O)Nc3cccc(C(=O)N[C@H]4CC(=O)NC4=O)c3)c2)C(=O)N1. The number of carbonyl (C=O) groups excluding carboxylic acids is 8. The van der Waals surface area contributed by atoms with Crippen LogP contribution >= 0.6 is 0 Å². The second-order valence-electron chi connectivity index (χ2n) is 10.6. The number of carbonyl (C=O) groups is 8. The first kappa shape index (κ1) is 32.7. The summed E-state index contributed by atoms with van der Waals surface area (Å²) in [6.07, 6.45) is 3.13. The molecule has 0 aliphatic carbocycles. The Labute approximate surface area is 260 Å². The summed E-state index contributed by atoms with van der Waals surface area (Å²) in [5.74, 6) is -3.14. The zero-order valence-electron chi connectivity index (χ0n) is 24.2. The Kier molecular flexibility index (Phi) is 11.3. The number of nitrogens with one attached hydrogen (secondary N) is 6. The predicted molar refractivity (Wildman–Crippen MR) is 162 cm³/mol. The number of benzene rings is 2. The molecule has 2 aliphatic heterocycles. The van der Waals surface area contributed by atoms with Gasteiger partial charge in [-0.1, -0.05) is 25.0 Å². The van der Waals surface area contributed by atoms with Crippen LogP contribution in [0.5, 0.6) is 0 Å². The van der Waals surface area contributed by atoms with Gasteiger partial charge in [-0.3, -0.25) is 49.0 Å². The van der Waals surface area contributed by atoms with E-state index in [1.165, 1.54) is 18.2 Å². The largest absolute Gasteiger partial charge is 0.378 e. The lowest BCUT2D eigenvalue weighted by Gasteiger charge is -2.11. The minimum Gasteiger partial charge on any atom is -0.378 e. The van der Waals surface area contributed by atoms with Gasteiger partial charge in [0.2, 0.25) is 41.4 Å². The molecule has 2 radical (unpaired) electrons. The Hall–Kier alpha value is -5.18. The lowest BCUT2D eigenvalue weighted by Crippen LogP contribution is -2.40. The van der Waals surface area contributed by atoms with Crippen LogP contribution < -0.4 is 31.6 Å². The summed E-state index contributed by atoms with van der Waals surface area (Å²) in [6, 6.07) is 11.8. The molecule has 1 unspecified atom stereocenters. The van der Waals surface area contributed by atoms with Crippen molar-refractivity contribution in [1.82, 2.24) is 20.9 Å². The molecule has 0 saturated carbocycles. The number of rotatable bonds is 14. The number of anilines is 2. The fraction of sp³-hybridized carbons (Fsp3) is 0.333. The third-order valence-electron chi connectivity index (χ3n) is 6.98. The molecule has 2 fully saturated rings. The maximum Gasteiger partial charge on any atom is 0.252 e. The minimum atomic E-state index is -0.923. The smallest absolute Gasteiger partial charge is 0.252 e. The summed E-state index contributed by atoms with van der Waals surface area (Å²) < 4.78 is 0. The highest BCUT2D eigenvalue weighted by Crippen LogP contribution is 2.17. The number of hydrogen-bond acceptors (Lipinski definition) is 8. The van der Waals surface area contributed by atoms with E-state index in [1.54, 1.807) is 30.3 Å². The highest BCUT2D eigenvalue weighted by Gasteiger charge is 2.32. The molecule has 2 aliphatic rings. The van der Waals surface area contributed by atoms with E-state index in [0.717, 1.165) is 12.8 Å². The highest BCUT2D eigenvalue weighted by atomic mass is 28.2. The maximum atomic E-state index is 12.5. The zero-order valence-corrected chi connectivity index (χ0v) is 25.2. The van der Waals surface area contributed by atoms with Gasteiger partial charge in [0.1, 0.15) is 6.04 Å². The predicted octanol–water partition coefficient (Wildman–Crippen LogP) is 0.933. The van der Waals surface area contributed by atoms with Crippen LogP contribution in [0.15, 0.2) is 48.5 Å². The van der Waals surface area contributed by atoms with Crippen molar-refractivity contribution in [2.24, 2.45) is 0 Å². The van der Waals surface area contributed by atoms with E-state index in [2.05, 4.69) is 31.6 Å². The summed E-state index contributed by atoms with van der Waals surface area (Å²) in [4.78, 5) is 98.3. The Morgan fingerprint density at radius 2 is 1.22 bits per heavy atom. The quantitative estimate of drug-likeness (QED) is 0.100. The first-order chi connectivity index (χ1) is 21.6. The van der Waals surface area contributed by atoms with Gasteiger partial charge in [0, 0.05) is 41.8 Å². The Morgan fingerprint density at radius 3 is 1.73 bits per heavy atom. The van der Waals surface area contributed by atoms with Crippen molar-refractivity contribution in [3.63, 3.8) is 0 Å². The molecule has 2 saturated heterocycles. The lowest BCUT2D eigenvalue weighted by atomic mass is 10.1. The topological polar surface area (TPSA) is 209 Å². The molecule has 2 atom stereocenters. The summed E-state index contributed by atoms with van der Waals surface area (Å²) in [7, 11) is -0.241.